The first-order valence-electron chi connectivity index (χ1n) is 7.47. The fourth-order valence-corrected chi connectivity index (χ4v) is 3.89. The zero-order valence-corrected chi connectivity index (χ0v) is 14.8. The summed E-state index contributed by atoms with van der Waals surface area (Å²) in [5.74, 6) is -1.58. The van der Waals surface area contributed by atoms with Crippen LogP contribution in [0.1, 0.15) is 19.3 Å². The Hall–Kier alpha value is -1.64. The van der Waals surface area contributed by atoms with Gasteiger partial charge in [-0.3, -0.25) is 4.79 Å². The molecule has 1 heterocycles. The maximum Gasteiger partial charge on any atom is 0.326 e. The number of carboxylic acids is 1. The van der Waals surface area contributed by atoms with Gasteiger partial charge in [-0.2, -0.15) is 4.31 Å². The number of benzene rings is 1. The van der Waals surface area contributed by atoms with E-state index in [1.54, 1.807) is 0 Å². The van der Waals surface area contributed by atoms with Crippen LogP contribution >= 0.6 is 11.6 Å². The number of hydrogen-bond acceptors (Lipinski definition) is 4. The fraction of sp³-hybridized carbons (Fsp3) is 0.467. The van der Waals surface area contributed by atoms with Crippen LogP contribution in [0.3, 0.4) is 0 Å². The first-order chi connectivity index (χ1) is 11.2. The molecule has 1 atom stereocenters. The second-order valence-electron chi connectivity index (χ2n) is 5.65. The maximum atomic E-state index is 12.5. The molecular weight excluding hydrogens is 356 g/mol. The second kappa shape index (κ2) is 7.50. The maximum absolute atomic E-state index is 12.5. The van der Waals surface area contributed by atoms with Crippen LogP contribution in [0.4, 0.5) is 0 Å². The molecule has 9 heteroatoms. The average molecular weight is 375 g/mol. The van der Waals surface area contributed by atoms with Gasteiger partial charge in [-0.05, 0) is 43.5 Å². The highest BCUT2D eigenvalue weighted by Crippen LogP contribution is 2.20. The molecule has 132 valence electrons. The van der Waals surface area contributed by atoms with Crippen LogP contribution in [0, 0.1) is 0 Å². The Kier molecular flexibility index (Phi) is 5.84. The molecule has 0 aliphatic carbocycles. The highest BCUT2D eigenvalue weighted by molar-refractivity contribution is 7.89. The molecule has 1 amide bonds. The van der Waals surface area contributed by atoms with Gasteiger partial charge in [0.2, 0.25) is 15.9 Å². The molecule has 2 rings (SSSR count). The van der Waals surface area contributed by atoms with Crippen molar-refractivity contribution in [1.82, 2.24) is 9.21 Å². The first kappa shape index (κ1) is 18.7. The third-order valence-corrected chi connectivity index (χ3v) is 6.06. The van der Waals surface area contributed by atoms with Crippen molar-refractivity contribution in [1.29, 1.82) is 0 Å². The molecule has 1 aromatic rings. The summed E-state index contributed by atoms with van der Waals surface area (Å²) in [6, 6.07) is 4.74. The van der Waals surface area contributed by atoms with E-state index in [1.165, 1.54) is 36.2 Å². The molecule has 1 saturated heterocycles. The van der Waals surface area contributed by atoms with Gasteiger partial charge in [0.15, 0.2) is 0 Å². The summed E-state index contributed by atoms with van der Waals surface area (Å²) in [4.78, 5) is 24.9. The van der Waals surface area contributed by atoms with E-state index in [0.717, 1.165) is 10.7 Å². The van der Waals surface area contributed by atoms with E-state index in [9.17, 15) is 23.1 Å². The van der Waals surface area contributed by atoms with E-state index in [1.807, 2.05) is 0 Å². The van der Waals surface area contributed by atoms with Gasteiger partial charge in [0.25, 0.3) is 0 Å². The SMILES string of the molecule is CN(CC(=O)N1CCCCC1C(=O)O)S(=O)(=O)c1ccc(Cl)cc1. The van der Waals surface area contributed by atoms with E-state index in [0.29, 0.717) is 24.4 Å². The number of halogens is 1. The van der Waals surface area contributed by atoms with Crippen molar-refractivity contribution < 1.29 is 23.1 Å². The number of piperidine rings is 1. The number of rotatable bonds is 5. The number of nitrogens with zero attached hydrogens (tertiary/aromatic N) is 2. The third kappa shape index (κ3) is 4.06. The van der Waals surface area contributed by atoms with Gasteiger partial charge in [0, 0.05) is 18.6 Å². The van der Waals surface area contributed by atoms with Crippen molar-refractivity contribution in [2.24, 2.45) is 0 Å². The van der Waals surface area contributed by atoms with Crippen molar-refractivity contribution in [3.05, 3.63) is 29.3 Å². The lowest BCUT2D eigenvalue weighted by molar-refractivity contribution is -0.152. The Bertz CT molecular complexity index is 720. The predicted octanol–water partition coefficient (Wildman–Crippen LogP) is 1.43. The number of hydrogen-bond donors (Lipinski definition) is 1. The Morgan fingerprint density at radius 1 is 1.29 bits per heavy atom. The van der Waals surface area contributed by atoms with Crippen molar-refractivity contribution in [2.45, 2.75) is 30.2 Å². The quantitative estimate of drug-likeness (QED) is 0.841. The van der Waals surface area contributed by atoms with Gasteiger partial charge in [0.1, 0.15) is 6.04 Å². The topological polar surface area (TPSA) is 95.0 Å². The van der Waals surface area contributed by atoms with E-state index >= 15 is 0 Å². The molecule has 1 fully saturated rings. The van der Waals surface area contributed by atoms with Gasteiger partial charge in [-0.25, -0.2) is 13.2 Å². The van der Waals surface area contributed by atoms with E-state index < -0.39 is 34.5 Å². The van der Waals surface area contributed by atoms with E-state index in [-0.39, 0.29) is 4.90 Å². The minimum Gasteiger partial charge on any atom is -0.480 e. The molecule has 0 bridgehead atoms. The predicted molar refractivity (Wildman–Crippen MR) is 88.3 cm³/mol. The Morgan fingerprint density at radius 3 is 2.50 bits per heavy atom. The van der Waals surface area contributed by atoms with Crippen molar-refractivity contribution in [2.75, 3.05) is 20.1 Å². The minimum atomic E-state index is -3.85. The van der Waals surface area contributed by atoms with E-state index in [2.05, 4.69) is 0 Å². The molecule has 0 spiro atoms. The Balaban J connectivity index is 2.12. The number of amides is 1. The molecule has 0 radical (unpaired) electrons. The number of carbonyl (C=O) groups excluding carboxylic acids is 1. The molecule has 1 aliphatic heterocycles. The summed E-state index contributed by atoms with van der Waals surface area (Å²) in [6.07, 6.45) is 1.83. The molecule has 1 aliphatic rings. The van der Waals surface area contributed by atoms with Crippen LogP contribution in [-0.2, 0) is 19.6 Å². The molecule has 0 saturated carbocycles. The van der Waals surface area contributed by atoms with Crippen LogP contribution in [0.25, 0.3) is 0 Å². The van der Waals surface area contributed by atoms with Crippen molar-refractivity contribution in [3.8, 4) is 0 Å². The van der Waals surface area contributed by atoms with Crippen LogP contribution < -0.4 is 0 Å². The number of sulfonamides is 1. The smallest absolute Gasteiger partial charge is 0.326 e. The molecular formula is C15H19ClN2O5S. The second-order valence-corrected chi connectivity index (χ2v) is 8.13. The molecule has 1 aromatic carbocycles. The molecule has 24 heavy (non-hydrogen) atoms. The summed E-state index contributed by atoms with van der Waals surface area (Å²) in [5.41, 5.74) is 0. The third-order valence-electron chi connectivity index (χ3n) is 3.99. The Morgan fingerprint density at radius 2 is 1.92 bits per heavy atom. The first-order valence-corrected chi connectivity index (χ1v) is 9.29. The fourth-order valence-electron chi connectivity index (χ4n) is 2.64. The lowest BCUT2D eigenvalue weighted by Gasteiger charge is -2.33. The lowest BCUT2D eigenvalue weighted by atomic mass is 10.0. The lowest BCUT2D eigenvalue weighted by Crippen LogP contribution is -2.51. The van der Waals surface area contributed by atoms with Gasteiger partial charge < -0.3 is 10.0 Å². The molecule has 0 aromatic heterocycles. The van der Waals surface area contributed by atoms with Gasteiger partial charge in [0.05, 0.1) is 11.4 Å². The van der Waals surface area contributed by atoms with Crippen molar-refractivity contribution in [3.63, 3.8) is 0 Å². The minimum absolute atomic E-state index is 0.0237. The van der Waals surface area contributed by atoms with Crippen LogP contribution in [0.5, 0.6) is 0 Å². The number of carbonyl (C=O) groups is 2. The zero-order chi connectivity index (χ0) is 17.9. The monoisotopic (exact) mass is 374 g/mol. The van der Waals surface area contributed by atoms with Crippen LogP contribution in [0.2, 0.25) is 5.02 Å². The summed E-state index contributed by atoms with van der Waals surface area (Å²) < 4.78 is 25.9. The van der Waals surface area contributed by atoms with Crippen LogP contribution in [-0.4, -0.2) is 60.8 Å². The number of aliphatic carboxylic acids is 1. The zero-order valence-electron chi connectivity index (χ0n) is 13.2. The molecule has 1 N–H and O–H groups in total. The highest BCUT2D eigenvalue weighted by Gasteiger charge is 2.33. The van der Waals surface area contributed by atoms with E-state index in [4.69, 9.17) is 11.6 Å². The number of carboxylic acid groups (broad SMARTS) is 1. The summed E-state index contributed by atoms with van der Waals surface area (Å²) >= 11 is 5.75. The van der Waals surface area contributed by atoms with Crippen LogP contribution in [0.15, 0.2) is 29.2 Å². The standard InChI is InChI=1S/C15H19ClN2O5S/c1-17(24(22,23)12-7-5-11(16)6-8-12)10-14(19)18-9-3-2-4-13(18)15(20)21/h5-8,13H,2-4,9-10H2,1H3,(H,20,21). The number of likely N-dealkylation sites (tertiary alicyclic amines) is 1. The number of likely N-dealkylation sites (N-methyl/N-ethyl adjacent to an activating group) is 1. The summed E-state index contributed by atoms with van der Waals surface area (Å²) in [7, 11) is -2.55. The van der Waals surface area contributed by atoms with Gasteiger partial charge in [-0.1, -0.05) is 11.6 Å². The van der Waals surface area contributed by atoms with Gasteiger partial charge in [-0.15, -0.1) is 0 Å². The summed E-state index contributed by atoms with van der Waals surface area (Å²) in [5, 5.41) is 9.62. The molecule has 7 nitrogen and oxygen atoms in total. The largest absolute Gasteiger partial charge is 0.480 e. The molecule has 1 unspecified atom stereocenters. The average Bonchev–Trinajstić information content (AvgIpc) is 2.55. The highest BCUT2D eigenvalue weighted by atomic mass is 35.5. The van der Waals surface area contributed by atoms with Gasteiger partial charge >= 0.3 is 5.97 Å². The van der Waals surface area contributed by atoms with Crippen molar-refractivity contribution >= 4 is 33.5 Å². The Labute approximate surface area is 145 Å². The normalized spacial score (nSPS) is 18.6. The summed E-state index contributed by atoms with van der Waals surface area (Å²) in [6.45, 7) is -0.0840.